The summed E-state index contributed by atoms with van der Waals surface area (Å²) in [7, 11) is 0. The van der Waals surface area contributed by atoms with Crippen LogP contribution in [-0.4, -0.2) is 16.8 Å². The van der Waals surface area contributed by atoms with Gasteiger partial charge in [-0.1, -0.05) is 26.2 Å². The van der Waals surface area contributed by atoms with Crippen LogP contribution < -0.4 is 37.1 Å². The number of carbonyl (C=O) groups excluding carboxylic acids is 1. The summed E-state index contributed by atoms with van der Waals surface area (Å²) in [6.07, 6.45) is 8.90. The number of aromatic amines is 1. The SMILES string of the molecule is CCCCCCCCNc1[nH+]c2sc(C(=O)C[I-]Cc3ccco3)c(C)c2c(=O)o1. The Balaban J connectivity index is 1.59. The molecule has 0 unspecified atom stereocenters. The van der Waals surface area contributed by atoms with Crippen LogP contribution in [-0.2, 0) is 4.43 Å². The van der Waals surface area contributed by atoms with Crippen molar-refractivity contribution in [3.63, 3.8) is 0 Å². The van der Waals surface area contributed by atoms with Gasteiger partial charge >= 0.3 is 165 Å². The van der Waals surface area contributed by atoms with E-state index in [2.05, 4.69) is 17.2 Å². The zero-order valence-corrected chi connectivity index (χ0v) is 20.5. The molecule has 6 nitrogen and oxygen atoms in total. The van der Waals surface area contributed by atoms with Gasteiger partial charge in [0.1, 0.15) is 0 Å². The molecule has 3 aromatic rings. The van der Waals surface area contributed by atoms with Crippen LogP contribution in [0.5, 0.6) is 0 Å². The van der Waals surface area contributed by atoms with Crippen molar-refractivity contribution in [2.24, 2.45) is 0 Å². The van der Waals surface area contributed by atoms with Crippen molar-refractivity contribution in [1.29, 1.82) is 0 Å². The van der Waals surface area contributed by atoms with E-state index in [9.17, 15) is 9.59 Å². The number of hydrogen-bond acceptors (Lipinski definition) is 6. The monoisotopic (exact) mass is 544 g/mol. The Morgan fingerprint density at radius 3 is 2.80 bits per heavy atom. The molecule has 0 aliphatic carbocycles. The Morgan fingerprint density at radius 2 is 2.03 bits per heavy atom. The first-order chi connectivity index (χ1) is 14.6. The number of nitrogens with one attached hydrogen (secondary N) is 2. The standard InChI is InChI=1S/C22H28IN2O4S/c1-3-4-5-6-7-8-11-24-22-25-20-18(21(27)29-22)15(2)19(30-20)17(26)14-23-13-16-10-9-12-28-16/h9-10,12H,3-8,11,13-14H2,1-2H3,(H,24,25)/q-1/p+1. The van der Waals surface area contributed by atoms with Crippen LogP contribution in [0.3, 0.4) is 0 Å². The number of aromatic nitrogens is 1. The molecule has 3 rings (SSSR count). The van der Waals surface area contributed by atoms with E-state index < -0.39 is 5.63 Å². The molecule has 3 heterocycles. The number of unbranched alkanes of at least 4 members (excludes halogenated alkanes) is 5. The fraction of sp³-hybridized carbons (Fsp3) is 0.500. The Kier molecular flexibility index (Phi) is 8.92. The number of carbonyl (C=O) groups is 1. The maximum atomic E-state index is 12.7. The number of halogens is 1. The molecular formula is C22H29IN2O4S. The molecule has 0 fully saturated rings. The average molecular weight is 544 g/mol. The predicted octanol–water partition coefficient (Wildman–Crippen LogP) is 1.81. The molecule has 0 saturated heterocycles. The van der Waals surface area contributed by atoms with Gasteiger partial charge in [-0.2, -0.15) is 0 Å². The molecule has 0 aliphatic rings. The Morgan fingerprint density at radius 1 is 1.23 bits per heavy atom. The fourth-order valence-electron chi connectivity index (χ4n) is 3.25. The van der Waals surface area contributed by atoms with Gasteiger partial charge in [-0.25, -0.2) is 0 Å². The summed E-state index contributed by atoms with van der Waals surface area (Å²) in [6.45, 7) is 4.79. The maximum absolute atomic E-state index is 12.7. The van der Waals surface area contributed by atoms with Crippen LogP contribution in [0.2, 0.25) is 0 Å². The second kappa shape index (κ2) is 11.6. The number of H-pyrrole nitrogens is 1. The van der Waals surface area contributed by atoms with Crippen molar-refractivity contribution in [2.75, 3.05) is 16.3 Å². The number of fused-ring (bicyclic) bond motifs is 1. The summed E-state index contributed by atoms with van der Waals surface area (Å²) in [4.78, 5) is 29.7. The second-order valence-corrected chi connectivity index (χ2v) is 10.9. The number of alkyl halides is 2. The molecule has 0 saturated carbocycles. The van der Waals surface area contributed by atoms with Gasteiger partial charge in [-0.05, 0) is 0 Å². The molecule has 0 atom stereocenters. The quantitative estimate of drug-likeness (QED) is 0.154. The normalized spacial score (nSPS) is 11.4. The molecule has 0 aromatic carbocycles. The van der Waals surface area contributed by atoms with E-state index in [4.69, 9.17) is 8.83 Å². The van der Waals surface area contributed by atoms with Crippen LogP contribution >= 0.6 is 11.3 Å². The number of anilines is 1. The van der Waals surface area contributed by atoms with E-state index >= 15 is 0 Å². The topological polar surface area (TPSA) is 86.6 Å². The first-order valence-electron chi connectivity index (χ1n) is 10.4. The third kappa shape index (κ3) is 6.16. The minimum absolute atomic E-state index is 0.0995. The number of Topliss-reactive ketones (excluding diaryl/α,β-unsaturated/α-hetero) is 1. The third-order valence-corrected chi connectivity index (χ3v) is 8.64. The van der Waals surface area contributed by atoms with Gasteiger partial charge in [-0.3, -0.25) is 0 Å². The van der Waals surface area contributed by atoms with Crippen molar-refractivity contribution in [3.05, 3.63) is 45.0 Å². The van der Waals surface area contributed by atoms with Crippen molar-refractivity contribution in [2.45, 2.75) is 56.8 Å². The van der Waals surface area contributed by atoms with Gasteiger partial charge in [0.2, 0.25) is 0 Å². The Hall–Kier alpha value is -1.68. The van der Waals surface area contributed by atoms with E-state index in [1.165, 1.54) is 37.0 Å². The molecule has 0 radical (unpaired) electrons. The van der Waals surface area contributed by atoms with Crippen LogP contribution in [0.25, 0.3) is 10.2 Å². The number of furan rings is 1. The van der Waals surface area contributed by atoms with E-state index in [-0.39, 0.29) is 27.0 Å². The fourth-order valence-corrected chi connectivity index (χ4v) is 6.74. The zero-order valence-electron chi connectivity index (χ0n) is 17.5. The second-order valence-electron chi connectivity index (χ2n) is 7.26. The molecule has 0 amide bonds. The van der Waals surface area contributed by atoms with Gasteiger partial charge in [-0.15, -0.1) is 0 Å². The number of ketones is 1. The average Bonchev–Trinajstić information content (AvgIpc) is 3.35. The van der Waals surface area contributed by atoms with Crippen LogP contribution in [0, 0.1) is 6.92 Å². The van der Waals surface area contributed by atoms with Gasteiger partial charge < -0.3 is 0 Å². The van der Waals surface area contributed by atoms with Crippen LogP contribution in [0.15, 0.2) is 32.0 Å². The summed E-state index contributed by atoms with van der Waals surface area (Å²) >= 11 is 1.02. The molecule has 8 heteroatoms. The minimum atomic E-state index is -0.396. The van der Waals surface area contributed by atoms with Crippen LogP contribution in [0.4, 0.5) is 6.01 Å². The number of hydrogen-bond donors (Lipinski definition) is 1. The third-order valence-electron chi connectivity index (χ3n) is 4.86. The molecule has 2 N–H and O–H groups in total. The summed E-state index contributed by atoms with van der Waals surface area (Å²) in [5.74, 6) is 1.03. The van der Waals surface area contributed by atoms with Crippen molar-refractivity contribution < 1.29 is 39.8 Å². The molecule has 0 aliphatic heterocycles. The molecule has 30 heavy (non-hydrogen) atoms. The molecular weight excluding hydrogens is 515 g/mol. The first-order valence-corrected chi connectivity index (χ1v) is 14.3. The van der Waals surface area contributed by atoms with E-state index in [1.54, 1.807) is 6.26 Å². The molecule has 3 aromatic heterocycles. The van der Waals surface area contributed by atoms with Crippen molar-refractivity contribution in [3.8, 4) is 0 Å². The summed E-state index contributed by atoms with van der Waals surface area (Å²) < 4.78 is 12.1. The van der Waals surface area contributed by atoms with Crippen molar-refractivity contribution in [1.82, 2.24) is 0 Å². The molecule has 164 valence electrons. The number of rotatable bonds is 13. The Bertz CT molecular complexity index is 1010. The van der Waals surface area contributed by atoms with E-state index in [0.29, 0.717) is 25.5 Å². The first kappa shape index (κ1) is 23.0. The summed E-state index contributed by atoms with van der Waals surface area (Å²) in [5, 5.41) is 3.65. The van der Waals surface area contributed by atoms with Gasteiger partial charge in [0, 0.05) is 0 Å². The van der Waals surface area contributed by atoms with Gasteiger partial charge in [0.25, 0.3) is 0 Å². The molecule has 0 bridgehead atoms. The predicted molar refractivity (Wildman–Crippen MR) is 115 cm³/mol. The van der Waals surface area contributed by atoms with Gasteiger partial charge in [0.05, 0.1) is 0 Å². The van der Waals surface area contributed by atoms with Gasteiger partial charge in [0.15, 0.2) is 0 Å². The summed E-state index contributed by atoms with van der Waals surface area (Å²) in [5.41, 5.74) is 0.321. The van der Waals surface area contributed by atoms with E-state index in [1.807, 2.05) is 19.1 Å². The Labute approximate surface area is 190 Å². The number of thiophene rings is 1. The van der Waals surface area contributed by atoms with Crippen LogP contribution in [0.1, 0.15) is 66.4 Å². The van der Waals surface area contributed by atoms with E-state index in [0.717, 1.165) is 35.1 Å². The van der Waals surface area contributed by atoms with Crippen molar-refractivity contribution >= 4 is 33.4 Å². The zero-order chi connectivity index (χ0) is 21.3. The summed E-state index contributed by atoms with van der Waals surface area (Å²) in [6, 6.07) is 4.17. The number of aryl methyl sites for hydroxylation is 1. The molecule has 0 spiro atoms.